The topological polar surface area (TPSA) is 3.24 Å². The van der Waals surface area contributed by atoms with Crippen molar-refractivity contribution in [2.75, 3.05) is 13.1 Å². The van der Waals surface area contributed by atoms with Gasteiger partial charge in [0.1, 0.15) is 0 Å². The third-order valence-electron chi connectivity index (χ3n) is 4.52. The van der Waals surface area contributed by atoms with Gasteiger partial charge in [-0.05, 0) is 58.4 Å². The Hall–Kier alpha value is -0.0400. The average Bonchev–Trinajstić information content (AvgIpc) is 2.18. The van der Waals surface area contributed by atoms with E-state index in [4.69, 9.17) is 0 Å². The Morgan fingerprint density at radius 2 is 1.47 bits per heavy atom. The third kappa shape index (κ3) is 2.55. The van der Waals surface area contributed by atoms with Crippen LogP contribution in [0.2, 0.25) is 0 Å². The summed E-state index contributed by atoms with van der Waals surface area (Å²) in [5.74, 6) is 0. The predicted octanol–water partition coefficient (Wildman–Crippen LogP) is 3.83. The summed E-state index contributed by atoms with van der Waals surface area (Å²) in [5, 5.41) is 0. The van der Waals surface area contributed by atoms with Crippen LogP contribution >= 0.6 is 0 Å². The molecule has 2 aliphatic rings. The van der Waals surface area contributed by atoms with Gasteiger partial charge in [-0.2, -0.15) is 0 Å². The van der Waals surface area contributed by atoms with Gasteiger partial charge in [0.05, 0.1) is 0 Å². The lowest BCUT2D eigenvalue weighted by Crippen LogP contribution is -2.52. The zero-order chi connectivity index (χ0) is 10.9. The summed E-state index contributed by atoms with van der Waals surface area (Å²) in [7, 11) is 0. The van der Waals surface area contributed by atoms with Gasteiger partial charge in [0, 0.05) is 12.1 Å². The van der Waals surface area contributed by atoms with Gasteiger partial charge in [0.15, 0.2) is 0 Å². The zero-order valence-electron chi connectivity index (χ0n) is 10.8. The molecule has 0 amide bonds. The summed E-state index contributed by atoms with van der Waals surface area (Å²) >= 11 is 0. The van der Waals surface area contributed by atoms with Crippen LogP contribution in [0.4, 0.5) is 0 Å². The molecule has 1 aliphatic heterocycles. The largest absolute Gasteiger partial charge is 0.298 e. The van der Waals surface area contributed by atoms with Crippen LogP contribution in [0.15, 0.2) is 0 Å². The lowest BCUT2D eigenvalue weighted by atomic mass is 9.68. The molecular weight excluding hydrogens is 182 g/mol. The molecular formula is C14H27N. The van der Waals surface area contributed by atoms with Crippen molar-refractivity contribution in [1.29, 1.82) is 0 Å². The normalized spacial score (nSPS) is 28.2. The zero-order valence-corrected chi connectivity index (χ0v) is 10.8. The fraction of sp³-hybridized carbons (Fsp3) is 1.00. The Morgan fingerprint density at radius 1 is 0.867 bits per heavy atom. The van der Waals surface area contributed by atoms with Crippen molar-refractivity contribution in [2.45, 2.75) is 71.3 Å². The maximum absolute atomic E-state index is 2.72. The number of nitrogens with zero attached hydrogens (tertiary/aromatic N) is 1. The van der Waals surface area contributed by atoms with Gasteiger partial charge in [-0.15, -0.1) is 0 Å². The minimum absolute atomic E-state index is 0.380. The molecule has 1 heterocycles. The molecule has 1 saturated carbocycles. The van der Waals surface area contributed by atoms with Crippen LogP contribution in [0.1, 0.15) is 65.7 Å². The minimum atomic E-state index is 0.380. The smallest absolute Gasteiger partial charge is 0.0125 e. The van der Waals surface area contributed by atoms with Crippen LogP contribution in [-0.4, -0.2) is 23.5 Å². The third-order valence-corrected chi connectivity index (χ3v) is 4.52. The van der Waals surface area contributed by atoms with E-state index in [0.717, 1.165) is 0 Å². The van der Waals surface area contributed by atoms with E-state index >= 15 is 0 Å². The van der Waals surface area contributed by atoms with Gasteiger partial charge in [-0.1, -0.05) is 19.3 Å². The molecule has 1 saturated heterocycles. The van der Waals surface area contributed by atoms with E-state index in [0.29, 0.717) is 11.0 Å². The molecule has 1 heteroatoms. The second-order valence-corrected chi connectivity index (χ2v) is 6.76. The Bertz CT molecular complexity index is 202. The number of likely N-dealkylation sites (tertiary alicyclic amines) is 1. The SMILES string of the molecule is CC(C)(C)N1CCCC2(CCCCC2)C1. The molecule has 1 spiro atoms. The first-order valence-corrected chi connectivity index (χ1v) is 6.77. The molecule has 15 heavy (non-hydrogen) atoms. The molecule has 0 unspecified atom stereocenters. The minimum Gasteiger partial charge on any atom is -0.298 e. The fourth-order valence-corrected chi connectivity index (χ4v) is 3.49. The van der Waals surface area contributed by atoms with E-state index in [9.17, 15) is 0 Å². The molecule has 88 valence electrons. The molecule has 2 rings (SSSR count). The Balaban J connectivity index is 2.02. The molecule has 1 nitrogen and oxygen atoms in total. The molecule has 0 aromatic rings. The van der Waals surface area contributed by atoms with Crippen molar-refractivity contribution in [2.24, 2.45) is 5.41 Å². The highest BCUT2D eigenvalue weighted by molar-refractivity contribution is 4.92. The van der Waals surface area contributed by atoms with Crippen LogP contribution in [0.3, 0.4) is 0 Å². The van der Waals surface area contributed by atoms with Gasteiger partial charge in [0.25, 0.3) is 0 Å². The molecule has 0 aromatic heterocycles. The van der Waals surface area contributed by atoms with Crippen molar-refractivity contribution >= 4 is 0 Å². The van der Waals surface area contributed by atoms with Crippen LogP contribution in [0.5, 0.6) is 0 Å². The van der Waals surface area contributed by atoms with Gasteiger partial charge in [-0.25, -0.2) is 0 Å². The Labute approximate surface area is 95.2 Å². The monoisotopic (exact) mass is 209 g/mol. The average molecular weight is 209 g/mol. The molecule has 0 radical (unpaired) electrons. The first-order valence-electron chi connectivity index (χ1n) is 6.77. The van der Waals surface area contributed by atoms with Crippen LogP contribution in [0, 0.1) is 5.41 Å². The number of rotatable bonds is 0. The number of hydrogen-bond donors (Lipinski definition) is 0. The summed E-state index contributed by atoms with van der Waals surface area (Å²) in [6, 6.07) is 0. The molecule has 0 atom stereocenters. The molecule has 0 aromatic carbocycles. The summed E-state index contributed by atoms with van der Waals surface area (Å²) in [5.41, 5.74) is 1.09. The first-order chi connectivity index (χ1) is 7.02. The summed E-state index contributed by atoms with van der Waals surface area (Å²) in [6.45, 7) is 9.81. The number of hydrogen-bond acceptors (Lipinski definition) is 1. The van der Waals surface area contributed by atoms with E-state index < -0.39 is 0 Å². The fourth-order valence-electron chi connectivity index (χ4n) is 3.49. The lowest BCUT2D eigenvalue weighted by Gasteiger charge is -2.49. The summed E-state index contributed by atoms with van der Waals surface area (Å²) in [6.07, 6.45) is 10.4. The molecule has 2 fully saturated rings. The second kappa shape index (κ2) is 4.08. The summed E-state index contributed by atoms with van der Waals surface area (Å²) in [4.78, 5) is 2.72. The highest BCUT2D eigenvalue weighted by Crippen LogP contribution is 2.44. The van der Waals surface area contributed by atoms with Crippen molar-refractivity contribution in [1.82, 2.24) is 4.90 Å². The number of piperidine rings is 1. The maximum Gasteiger partial charge on any atom is 0.0125 e. The van der Waals surface area contributed by atoms with Crippen LogP contribution in [0.25, 0.3) is 0 Å². The Kier molecular flexibility index (Phi) is 3.12. The van der Waals surface area contributed by atoms with Gasteiger partial charge in [0.2, 0.25) is 0 Å². The predicted molar refractivity (Wildman–Crippen MR) is 66.1 cm³/mol. The van der Waals surface area contributed by atoms with E-state index in [1.807, 2.05) is 0 Å². The van der Waals surface area contributed by atoms with Crippen LogP contribution in [-0.2, 0) is 0 Å². The first kappa shape index (κ1) is 11.4. The van der Waals surface area contributed by atoms with Gasteiger partial charge < -0.3 is 0 Å². The van der Waals surface area contributed by atoms with Crippen molar-refractivity contribution in [3.63, 3.8) is 0 Å². The highest BCUT2D eigenvalue weighted by Gasteiger charge is 2.39. The van der Waals surface area contributed by atoms with E-state index in [1.54, 1.807) is 0 Å². The molecule has 0 N–H and O–H groups in total. The van der Waals surface area contributed by atoms with Gasteiger partial charge >= 0.3 is 0 Å². The highest BCUT2D eigenvalue weighted by atomic mass is 15.2. The van der Waals surface area contributed by atoms with E-state index in [1.165, 1.54) is 58.0 Å². The van der Waals surface area contributed by atoms with Crippen molar-refractivity contribution in [3.05, 3.63) is 0 Å². The standard InChI is InChI=1S/C14H27N/c1-13(2,3)15-11-7-10-14(12-15)8-5-4-6-9-14/h4-12H2,1-3H3. The van der Waals surface area contributed by atoms with Gasteiger partial charge in [-0.3, -0.25) is 4.90 Å². The lowest BCUT2D eigenvalue weighted by molar-refractivity contribution is 0.00416. The van der Waals surface area contributed by atoms with E-state index in [-0.39, 0.29) is 0 Å². The molecule has 1 aliphatic carbocycles. The van der Waals surface area contributed by atoms with Crippen LogP contribution < -0.4 is 0 Å². The van der Waals surface area contributed by atoms with E-state index in [2.05, 4.69) is 25.7 Å². The van der Waals surface area contributed by atoms with Crippen molar-refractivity contribution < 1.29 is 0 Å². The molecule has 0 bridgehead atoms. The second-order valence-electron chi connectivity index (χ2n) is 6.76. The maximum atomic E-state index is 2.72. The summed E-state index contributed by atoms with van der Waals surface area (Å²) < 4.78 is 0. The Morgan fingerprint density at radius 3 is 2.07 bits per heavy atom. The van der Waals surface area contributed by atoms with Crippen molar-refractivity contribution in [3.8, 4) is 0 Å². The quantitative estimate of drug-likeness (QED) is 0.586.